The number of hydrogen-bond donors (Lipinski definition) is 1. The molecule has 1 aromatic heterocycles. The van der Waals surface area contributed by atoms with Crippen LogP contribution >= 0.6 is 11.6 Å². The van der Waals surface area contributed by atoms with E-state index in [0.717, 1.165) is 27.4 Å². The minimum atomic E-state index is -0.129. The van der Waals surface area contributed by atoms with Crippen molar-refractivity contribution in [3.63, 3.8) is 0 Å². The number of fused-ring (bicyclic) bond motifs is 1. The van der Waals surface area contributed by atoms with Crippen molar-refractivity contribution in [1.29, 1.82) is 0 Å². The van der Waals surface area contributed by atoms with E-state index in [4.69, 9.17) is 22.3 Å². The highest BCUT2D eigenvalue weighted by molar-refractivity contribution is 6.31. The summed E-state index contributed by atoms with van der Waals surface area (Å²) >= 11 is 6.32. The van der Waals surface area contributed by atoms with Gasteiger partial charge in [0.05, 0.1) is 23.6 Å². The average molecular weight is 314 g/mol. The molecule has 1 heterocycles. The Balaban J connectivity index is 2.20. The smallest absolute Gasteiger partial charge is 0.126 e. The van der Waals surface area contributed by atoms with E-state index >= 15 is 0 Å². The molecule has 22 heavy (non-hydrogen) atoms. The molecule has 0 fully saturated rings. The molecule has 0 saturated carbocycles. The molecule has 2 aromatic carbocycles. The predicted octanol–water partition coefficient (Wildman–Crippen LogP) is 4.37. The highest BCUT2D eigenvalue weighted by atomic mass is 35.5. The van der Waals surface area contributed by atoms with Gasteiger partial charge in [-0.3, -0.25) is 0 Å². The molecule has 0 aliphatic rings. The fourth-order valence-electron chi connectivity index (χ4n) is 2.71. The number of benzene rings is 2. The van der Waals surface area contributed by atoms with Crippen molar-refractivity contribution in [3.05, 3.63) is 63.9 Å². The molecule has 0 aliphatic heterocycles. The van der Waals surface area contributed by atoms with Crippen LogP contribution in [0.4, 0.5) is 0 Å². The summed E-state index contributed by atoms with van der Waals surface area (Å²) in [7, 11) is 0. The molecule has 0 spiro atoms. The number of imidazole rings is 1. The fraction of sp³-hybridized carbons (Fsp3) is 0.278. The normalized spacial score (nSPS) is 12.8. The highest BCUT2D eigenvalue weighted by Crippen LogP contribution is 2.26. The lowest BCUT2D eigenvalue weighted by molar-refractivity contribution is 0.664. The van der Waals surface area contributed by atoms with Gasteiger partial charge in [-0.1, -0.05) is 29.8 Å². The first-order chi connectivity index (χ1) is 10.5. The zero-order valence-corrected chi connectivity index (χ0v) is 13.9. The molecule has 0 bridgehead atoms. The number of rotatable bonds is 3. The zero-order valence-electron chi connectivity index (χ0n) is 13.1. The van der Waals surface area contributed by atoms with E-state index < -0.39 is 0 Å². The number of halogens is 1. The van der Waals surface area contributed by atoms with Gasteiger partial charge in [-0.25, -0.2) is 4.98 Å². The van der Waals surface area contributed by atoms with Crippen LogP contribution in [0.25, 0.3) is 11.0 Å². The molecule has 2 N–H and O–H groups in total. The van der Waals surface area contributed by atoms with Gasteiger partial charge in [0.25, 0.3) is 0 Å². The summed E-state index contributed by atoms with van der Waals surface area (Å²) in [6.07, 6.45) is 0. The van der Waals surface area contributed by atoms with E-state index in [-0.39, 0.29) is 6.04 Å². The summed E-state index contributed by atoms with van der Waals surface area (Å²) in [5.74, 6) is 0.889. The predicted molar refractivity (Wildman–Crippen MR) is 92.4 cm³/mol. The van der Waals surface area contributed by atoms with Crippen LogP contribution in [-0.4, -0.2) is 9.55 Å². The molecule has 0 amide bonds. The summed E-state index contributed by atoms with van der Waals surface area (Å²) in [4.78, 5) is 4.73. The first kappa shape index (κ1) is 15.1. The van der Waals surface area contributed by atoms with Gasteiger partial charge in [0.1, 0.15) is 5.82 Å². The van der Waals surface area contributed by atoms with E-state index in [1.54, 1.807) is 0 Å². The van der Waals surface area contributed by atoms with Gasteiger partial charge in [0.15, 0.2) is 0 Å². The van der Waals surface area contributed by atoms with Crippen LogP contribution in [-0.2, 0) is 6.54 Å². The number of hydrogen-bond acceptors (Lipinski definition) is 2. The monoisotopic (exact) mass is 313 g/mol. The first-order valence-corrected chi connectivity index (χ1v) is 7.81. The van der Waals surface area contributed by atoms with Crippen LogP contribution in [0.15, 0.2) is 36.4 Å². The molecule has 0 aliphatic carbocycles. The van der Waals surface area contributed by atoms with Gasteiger partial charge < -0.3 is 10.3 Å². The second-order valence-electron chi connectivity index (χ2n) is 5.86. The van der Waals surface area contributed by atoms with Crippen LogP contribution in [0.5, 0.6) is 0 Å². The molecule has 3 aromatic rings. The molecular formula is C18H20ClN3. The maximum Gasteiger partial charge on any atom is 0.126 e. The summed E-state index contributed by atoms with van der Waals surface area (Å²) in [5, 5.41) is 0.767. The zero-order chi connectivity index (χ0) is 15.9. The maximum atomic E-state index is 6.32. The molecule has 4 heteroatoms. The van der Waals surface area contributed by atoms with Crippen molar-refractivity contribution < 1.29 is 0 Å². The molecule has 1 unspecified atom stereocenters. The van der Waals surface area contributed by atoms with Crippen molar-refractivity contribution in [1.82, 2.24) is 9.55 Å². The standard InChI is InChI=1S/C18H20ClN3/c1-11-8-16-17(9-12(11)2)22(18(21-16)13(3)20)10-14-6-4-5-7-15(14)19/h4-9,13H,10,20H2,1-3H3. The number of nitrogens with two attached hydrogens (primary N) is 1. The molecule has 1 atom stereocenters. The third-order valence-corrected chi connectivity index (χ3v) is 4.46. The van der Waals surface area contributed by atoms with Crippen LogP contribution < -0.4 is 5.73 Å². The Morgan fingerprint density at radius 1 is 1.18 bits per heavy atom. The highest BCUT2D eigenvalue weighted by Gasteiger charge is 2.16. The van der Waals surface area contributed by atoms with E-state index in [0.29, 0.717) is 6.54 Å². The Labute approximate surface area is 135 Å². The molecule has 3 nitrogen and oxygen atoms in total. The molecule has 114 valence electrons. The third kappa shape index (κ3) is 2.62. The largest absolute Gasteiger partial charge is 0.322 e. The summed E-state index contributed by atoms with van der Waals surface area (Å²) in [6.45, 7) is 6.86. The lowest BCUT2D eigenvalue weighted by atomic mass is 10.1. The quantitative estimate of drug-likeness (QED) is 0.780. The van der Waals surface area contributed by atoms with E-state index in [9.17, 15) is 0 Å². The minimum Gasteiger partial charge on any atom is -0.322 e. The van der Waals surface area contributed by atoms with Crippen LogP contribution in [0.1, 0.15) is 35.5 Å². The SMILES string of the molecule is Cc1cc2nc(C(C)N)n(Cc3ccccc3Cl)c2cc1C. The van der Waals surface area contributed by atoms with Gasteiger partial charge >= 0.3 is 0 Å². The Hall–Kier alpha value is -1.84. The second kappa shape index (κ2) is 5.75. The van der Waals surface area contributed by atoms with E-state index in [2.05, 4.69) is 30.5 Å². The Morgan fingerprint density at radius 2 is 1.86 bits per heavy atom. The van der Waals surface area contributed by atoms with E-state index in [1.165, 1.54) is 11.1 Å². The van der Waals surface area contributed by atoms with Gasteiger partial charge in [0, 0.05) is 5.02 Å². The van der Waals surface area contributed by atoms with Crippen molar-refractivity contribution in [2.45, 2.75) is 33.4 Å². The van der Waals surface area contributed by atoms with Crippen LogP contribution in [0.2, 0.25) is 5.02 Å². The lowest BCUT2D eigenvalue weighted by Gasteiger charge is -2.13. The number of aryl methyl sites for hydroxylation is 2. The van der Waals surface area contributed by atoms with Crippen molar-refractivity contribution in [2.75, 3.05) is 0 Å². The van der Waals surface area contributed by atoms with Crippen LogP contribution in [0.3, 0.4) is 0 Å². The minimum absolute atomic E-state index is 0.129. The Morgan fingerprint density at radius 3 is 2.55 bits per heavy atom. The maximum absolute atomic E-state index is 6.32. The number of aromatic nitrogens is 2. The van der Waals surface area contributed by atoms with Crippen LogP contribution in [0, 0.1) is 13.8 Å². The molecule has 0 radical (unpaired) electrons. The molecule has 3 rings (SSSR count). The molecular weight excluding hydrogens is 294 g/mol. The Kier molecular flexibility index (Phi) is 3.94. The Bertz CT molecular complexity index is 834. The first-order valence-electron chi connectivity index (χ1n) is 7.43. The topological polar surface area (TPSA) is 43.8 Å². The van der Waals surface area contributed by atoms with Crippen molar-refractivity contribution in [3.8, 4) is 0 Å². The van der Waals surface area contributed by atoms with Gasteiger partial charge in [0.2, 0.25) is 0 Å². The van der Waals surface area contributed by atoms with Crippen molar-refractivity contribution in [2.24, 2.45) is 5.73 Å². The summed E-state index contributed by atoms with van der Waals surface area (Å²) in [5.41, 5.74) is 11.8. The third-order valence-electron chi connectivity index (χ3n) is 4.09. The number of nitrogens with zero attached hydrogens (tertiary/aromatic N) is 2. The molecule has 0 saturated heterocycles. The van der Waals surface area contributed by atoms with Crippen molar-refractivity contribution >= 4 is 22.6 Å². The lowest BCUT2D eigenvalue weighted by Crippen LogP contribution is -2.14. The second-order valence-corrected chi connectivity index (χ2v) is 6.27. The van der Waals surface area contributed by atoms with Gasteiger partial charge in [-0.2, -0.15) is 0 Å². The van der Waals surface area contributed by atoms with E-state index in [1.807, 2.05) is 31.2 Å². The van der Waals surface area contributed by atoms with Gasteiger partial charge in [-0.15, -0.1) is 0 Å². The summed E-state index contributed by atoms with van der Waals surface area (Å²) < 4.78 is 2.17. The fourth-order valence-corrected chi connectivity index (χ4v) is 2.90. The average Bonchev–Trinajstić information content (AvgIpc) is 2.80. The summed E-state index contributed by atoms with van der Waals surface area (Å²) in [6, 6.07) is 12.1. The van der Waals surface area contributed by atoms with Gasteiger partial charge in [-0.05, 0) is 55.7 Å².